The van der Waals surface area contributed by atoms with Gasteiger partial charge < -0.3 is 10.3 Å². The summed E-state index contributed by atoms with van der Waals surface area (Å²) < 4.78 is 0. The van der Waals surface area contributed by atoms with Crippen LogP contribution in [0.4, 0.5) is 5.69 Å². The zero-order chi connectivity index (χ0) is 13.9. The molecule has 4 nitrogen and oxygen atoms in total. The third kappa shape index (κ3) is 2.78. The summed E-state index contributed by atoms with van der Waals surface area (Å²) in [5, 5.41) is 3.62. The summed E-state index contributed by atoms with van der Waals surface area (Å²) >= 11 is 0. The van der Waals surface area contributed by atoms with E-state index in [0.29, 0.717) is 6.04 Å². The predicted molar refractivity (Wildman–Crippen MR) is 82.7 cm³/mol. The first-order valence-electron chi connectivity index (χ1n) is 7.13. The number of rotatable bonds is 3. The van der Waals surface area contributed by atoms with E-state index in [1.807, 2.05) is 6.92 Å². The second kappa shape index (κ2) is 5.56. The Kier molecular flexibility index (Phi) is 3.62. The minimum atomic E-state index is 0.533. The van der Waals surface area contributed by atoms with Crippen molar-refractivity contribution in [3.63, 3.8) is 0 Å². The number of fused-ring (bicyclic) bond motifs is 1. The quantitative estimate of drug-likeness (QED) is 0.840. The Labute approximate surface area is 119 Å². The van der Waals surface area contributed by atoms with Crippen LogP contribution in [0.2, 0.25) is 0 Å². The van der Waals surface area contributed by atoms with Gasteiger partial charge >= 0.3 is 0 Å². The average Bonchev–Trinajstić information content (AvgIpc) is 2.81. The van der Waals surface area contributed by atoms with Gasteiger partial charge in [-0.1, -0.05) is 5.92 Å². The zero-order valence-electron chi connectivity index (χ0n) is 11.8. The summed E-state index contributed by atoms with van der Waals surface area (Å²) in [6, 6.07) is 6.85. The molecule has 1 aromatic carbocycles. The Hall–Kier alpha value is -1.99. The summed E-state index contributed by atoms with van der Waals surface area (Å²) in [6.07, 6.45) is 7.64. The van der Waals surface area contributed by atoms with Gasteiger partial charge in [0, 0.05) is 24.8 Å². The van der Waals surface area contributed by atoms with Gasteiger partial charge in [0.15, 0.2) is 0 Å². The summed E-state index contributed by atoms with van der Waals surface area (Å²) in [4.78, 5) is 10.0. The van der Waals surface area contributed by atoms with Gasteiger partial charge in [0.1, 0.15) is 5.82 Å². The normalized spacial score (nSPS) is 17.2. The van der Waals surface area contributed by atoms with E-state index >= 15 is 0 Å². The third-order valence-electron chi connectivity index (χ3n) is 3.87. The van der Waals surface area contributed by atoms with Crippen molar-refractivity contribution in [3.8, 4) is 12.3 Å². The van der Waals surface area contributed by atoms with Crippen molar-refractivity contribution in [2.45, 2.75) is 25.8 Å². The van der Waals surface area contributed by atoms with Crippen LogP contribution in [-0.2, 0) is 0 Å². The summed E-state index contributed by atoms with van der Waals surface area (Å²) in [5.41, 5.74) is 3.28. The van der Waals surface area contributed by atoms with Gasteiger partial charge in [-0.2, -0.15) is 0 Å². The van der Waals surface area contributed by atoms with Crippen molar-refractivity contribution in [1.82, 2.24) is 14.9 Å². The molecule has 0 unspecified atom stereocenters. The fourth-order valence-corrected chi connectivity index (χ4v) is 2.83. The standard InChI is InChI=1S/C16H20N4/c1-3-8-20-9-6-13(7-10-20)19-14-4-5-15-16(11-14)18-12(2)17-15/h1,4-5,11,13,19H,6-10H2,2H3,(H,17,18). The van der Waals surface area contributed by atoms with E-state index in [1.54, 1.807) is 0 Å². The summed E-state index contributed by atoms with van der Waals surface area (Å²) in [6.45, 7) is 4.90. The predicted octanol–water partition coefficient (Wildman–Crippen LogP) is 2.38. The van der Waals surface area contributed by atoms with Gasteiger partial charge in [0.05, 0.1) is 17.6 Å². The van der Waals surface area contributed by atoms with Crippen LogP contribution >= 0.6 is 0 Å². The molecule has 0 atom stereocenters. The Morgan fingerprint density at radius 2 is 2.25 bits per heavy atom. The van der Waals surface area contributed by atoms with Crippen LogP contribution in [0, 0.1) is 19.3 Å². The van der Waals surface area contributed by atoms with Crippen LogP contribution in [0.1, 0.15) is 18.7 Å². The maximum Gasteiger partial charge on any atom is 0.104 e. The number of aromatic nitrogens is 2. The topological polar surface area (TPSA) is 44.0 Å². The minimum Gasteiger partial charge on any atom is -0.382 e. The highest BCUT2D eigenvalue weighted by atomic mass is 15.1. The number of H-pyrrole nitrogens is 1. The largest absolute Gasteiger partial charge is 0.382 e. The number of piperidine rings is 1. The number of nitrogens with one attached hydrogen (secondary N) is 2. The van der Waals surface area contributed by atoms with E-state index in [-0.39, 0.29) is 0 Å². The van der Waals surface area contributed by atoms with Crippen molar-refractivity contribution in [2.24, 2.45) is 0 Å². The Bertz CT molecular complexity index is 629. The van der Waals surface area contributed by atoms with Crippen LogP contribution in [0.3, 0.4) is 0 Å². The van der Waals surface area contributed by atoms with Gasteiger partial charge in [-0.25, -0.2) is 4.98 Å². The van der Waals surface area contributed by atoms with Crippen LogP contribution < -0.4 is 5.32 Å². The van der Waals surface area contributed by atoms with Crippen LogP contribution in [0.25, 0.3) is 11.0 Å². The molecule has 1 aliphatic heterocycles. The number of hydrogen-bond acceptors (Lipinski definition) is 3. The Morgan fingerprint density at radius 1 is 1.45 bits per heavy atom. The highest BCUT2D eigenvalue weighted by Crippen LogP contribution is 2.20. The molecule has 1 aliphatic rings. The Morgan fingerprint density at radius 3 is 3.00 bits per heavy atom. The van der Waals surface area contributed by atoms with Crippen molar-refractivity contribution in [1.29, 1.82) is 0 Å². The molecule has 2 N–H and O–H groups in total. The SMILES string of the molecule is C#CCN1CCC(Nc2ccc3nc(C)[nH]c3c2)CC1. The lowest BCUT2D eigenvalue weighted by atomic mass is 10.0. The number of aryl methyl sites for hydroxylation is 1. The van der Waals surface area contributed by atoms with E-state index in [1.165, 1.54) is 0 Å². The lowest BCUT2D eigenvalue weighted by molar-refractivity contribution is 0.243. The fourth-order valence-electron chi connectivity index (χ4n) is 2.83. The summed E-state index contributed by atoms with van der Waals surface area (Å²) in [7, 11) is 0. The molecular weight excluding hydrogens is 248 g/mol. The van der Waals surface area contributed by atoms with E-state index < -0.39 is 0 Å². The highest BCUT2D eigenvalue weighted by molar-refractivity contribution is 5.79. The van der Waals surface area contributed by atoms with Crippen molar-refractivity contribution in [3.05, 3.63) is 24.0 Å². The Balaban J connectivity index is 1.64. The van der Waals surface area contributed by atoms with E-state index in [0.717, 1.165) is 55.0 Å². The highest BCUT2D eigenvalue weighted by Gasteiger charge is 2.18. The molecule has 2 heterocycles. The van der Waals surface area contributed by atoms with Gasteiger partial charge in [0.25, 0.3) is 0 Å². The average molecular weight is 268 g/mol. The number of hydrogen-bond donors (Lipinski definition) is 2. The van der Waals surface area contributed by atoms with Crippen LogP contribution in [0.5, 0.6) is 0 Å². The van der Waals surface area contributed by atoms with Gasteiger partial charge in [0.2, 0.25) is 0 Å². The number of aromatic amines is 1. The van der Waals surface area contributed by atoms with Crippen LogP contribution in [-0.4, -0.2) is 40.5 Å². The molecule has 0 radical (unpaired) electrons. The number of terminal acetylenes is 1. The molecule has 0 spiro atoms. The second-order valence-electron chi connectivity index (χ2n) is 5.45. The molecule has 1 aromatic heterocycles. The molecular formula is C16H20N4. The number of nitrogens with zero attached hydrogens (tertiary/aromatic N) is 2. The first-order valence-corrected chi connectivity index (χ1v) is 7.13. The molecule has 0 saturated carbocycles. The first kappa shape index (κ1) is 13.0. The lowest BCUT2D eigenvalue weighted by Crippen LogP contribution is -2.39. The van der Waals surface area contributed by atoms with Crippen molar-refractivity contribution < 1.29 is 0 Å². The lowest BCUT2D eigenvalue weighted by Gasteiger charge is -2.31. The number of imidazole rings is 1. The van der Waals surface area contributed by atoms with Crippen LogP contribution in [0.15, 0.2) is 18.2 Å². The van der Waals surface area contributed by atoms with Crippen molar-refractivity contribution >= 4 is 16.7 Å². The molecule has 2 aromatic rings. The molecule has 0 aliphatic carbocycles. The zero-order valence-corrected chi connectivity index (χ0v) is 11.8. The fraction of sp³-hybridized carbons (Fsp3) is 0.438. The van der Waals surface area contributed by atoms with Crippen molar-refractivity contribution in [2.75, 3.05) is 25.0 Å². The van der Waals surface area contributed by atoms with E-state index in [9.17, 15) is 0 Å². The van der Waals surface area contributed by atoms with Gasteiger partial charge in [-0.05, 0) is 38.0 Å². The molecule has 3 rings (SSSR count). The monoisotopic (exact) mass is 268 g/mol. The third-order valence-corrected chi connectivity index (χ3v) is 3.87. The molecule has 1 saturated heterocycles. The number of likely N-dealkylation sites (tertiary alicyclic amines) is 1. The van der Waals surface area contributed by atoms with E-state index in [2.05, 4.69) is 44.3 Å². The smallest absolute Gasteiger partial charge is 0.104 e. The molecule has 1 fully saturated rings. The van der Waals surface area contributed by atoms with E-state index in [4.69, 9.17) is 6.42 Å². The number of benzene rings is 1. The molecule has 20 heavy (non-hydrogen) atoms. The minimum absolute atomic E-state index is 0.533. The summed E-state index contributed by atoms with van der Waals surface area (Å²) in [5.74, 6) is 3.68. The molecule has 104 valence electrons. The molecule has 4 heteroatoms. The van der Waals surface area contributed by atoms with Gasteiger partial charge in [-0.15, -0.1) is 6.42 Å². The maximum atomic E-state index is 5.36. The first-order chi connectivity index (χ1) is 9.74. The molecule has 0 bridgehead atoms. The number of anilines is 1. The second-order valence-corrected chi connectivity index (χ2v) is 5.45. The maximum absolute atomic E-state index is 5.36. The molecule has 0 amide bonds. The van der Waals surface area contributed by atoms with Gasteiger partial charge in [-0.3, -0.25) is 4.90 Å².